The van der Waals surface area contributed by atoms with Crippen molar-refractivity contribution in [1.29, 1.82) is 0 Å². The van der Waals surface area contributed by atoms with Crippen LogP contribution in [0.2, 0.25) is 0 Å². The third-order valence-electron chi connectivity index (χ3n) is 5.29. The predicted molar refractivity (Wildman–Crippen MR) is 97.3 cm³/mol. The summed E-state index contributed by atoms with van der Waals surface area (Å²) in [5, 5.41) is 5.51. The van der Waals surface area contributed by atoms with E-state index in [4.69, 9.17) is 14.2 Å². The normalized spacial score (nSPS) is 22.7. The van der Waals surface area contributed by atoms with Crippen LogP contribution in [-0.4, -0.2) is 24.9 Å². The molecule has 2 heterocycles. The zero-order valence-electron chi connectivity index (χ0n) is 15.4. The lowest BCUT2D eigenvalue weighted by Crippen LogP contribution is -2.45. The van der Waals surface area contributed by atoms with E-state index >= 15 is 0 Å². The first kappa shape index (κ1) is 17.7. The molecule has 4 rings (SSSR count). The summed E-state index contributed by atoms with van der Waals surface area (Å²) >= 11 is 0. The average Bonchev–Trinajstić information content (AvgIpc) is 2.96. The lowest BCUT2D eigenvalue weighted by Gasteiger charge is -2.29. The minimum absolute atomic E-state index is 0.0599. The van der Waals surface area contributed by atoms with Gasteiger partial charge in [0.05, 0.1) is 11.6 Å². The molecule has 2 N–H and O–H groups in total. The highest BCUT2D eigenvalue weighted by atomic mass is 16.7. The topological polar surface area (TPSA) is 85.9 Å². The number of carbonyl (C=O) groups excluding carboxylic acids is 2. The number of ether oxygens (including phenoxy) is 3. The predicted octanol–water partition coefficient (Wildman–Crippen LogP) is 3.31. The first-order valence-electron chi connectivity index (χ1n) is 9.50. The molecule has 27 heavy (non-hydrogen) atoms. The highest BCUT2D eigenvalue weighted by Crippen LogP contribution is 2.37. The van der Waals surface area contributed by atoms with Gasteiger partial charge in [-0.25, -0.2) is 9.59 Å². The molecule has 144 valence electrons. The quantitative estimate of drug-likeness (QED) is 0.628. The summed E-state index contributed by atoms with van der Waals surface area (Å²) in [7, 11) is 0. The third-order valence-corrected chi connectivity index (χ3v) is 5.29. The number of hydrogen-bond donors (Lipinski definition) is 2. The molecule has 0 radical (unpaired) electrons. The van der Waals surface area contributed by atoms with Gasteiger partial charge in [-0.15, -0.1) is 0 Å². The fourth-order valence-corrected chi connectivity index (χ4v) is 3.88. The van der Waals surface area contributed by atoms with Crippen molar-refractivity contribution < 1.29 is 23.8 Å². The van der Waals surface area contributed by atoms with Crippen LogP contribution in [0.3, 0.4) is 0 Å². The molecule has 1 aliphatic carbocycles. The molecule has 1 aromatic rings. The molecule has 1 fully saturated rings. The molecule has 1 atom stereocenters. The van der Waals surface area contributed by atoms with E-state index in [1.807, 2.05) is 6.07 Å². The molecule has 2 amide bonds. The zero-order chi connectivity index (χ0) is 18.8. The zero-order valence-corrected chi connectivity index (χ0v) is 15.4. The van der Waals surface area contributed by atoms with Crippen molar-refractivity contribution in [3.63, 3.8) is 0 Å². The molecule has 1 saturated carbocycles. The molecule has 0 bridgehead atoms. The van der Waals surface area contributed by atoms with E-state index in [0.29, 0.717) is 22.8 Å². The molecule has 7 heteroatoms. The van der Waals surface area contributed by atoms with Crippen LogP contribution in [0.1, 0.15) is 57.1 Å². The Morgan fingerprint density at radius 1 is 1.11 bits per heavy atom. The molecule has 0 unspecified atom stereocenters. The van der Waals surface area contributed by atoms with Crippen LogP contribution in [-0.2, 0) is 9.53 Å². The lowest BCUT2D eigenvalue weighted by molar-refractivity contribution is -0.145. The molecular weight excluding hydrogens is 348 g/mol. The second kappa shape index (κ2) is 7.50. The van der Waals surface area contributed by atoms with Gasteiger partial charge in [0.25, 0.3) is 0 Å². The number of carbonyl (C=O) groups is 2. The summed E-state index contributed by atoms with van der Waals surface area (Å²) in [6, 6.07) is 4.48. The summed E-state index contributed by atoms with van der Waals surface area (Å²) in [6.45, 7) is 1.89. The number of hydrogen-bond acceptors (Lipinski definition) is 5. The highest BCUT2D eigenvalue weighted by Gasteiger charge is 2.34. The van der Waals surface area contributed by atoms with Crippen LogP contribution < -0.4 is 20.1 Å². The van der Waals surface area contributed by atoms with Gasteiger partial charge in [0, 0.05) is 5.70 Å². The van der Waals surface area contributed by atoms with Crippen molar-refractivity contribution >= 4 is 12.0 Å². The Morgan fingerprint density at radius 2 is 1.85 bits per heavy atom. The Morgan fingerprint density at radius 3 is 2.63 bits per heavy atom. The molecule has 7 nitrogen and oxygen atoms in total. The van der Waals surface area contributed by atoms with E-state index in [1.165, 1.54) is 12.8 Å². The Labute approximate surface area is 158 Å². The van der Waals surface area contributed by atoms with Crippen molar-refractivity contribution in [1.82, 2.24) is 10.6 Å². The summed E-state index contributed by atoms with van der Waals surface area (Å²) in [6.07, 6.45) is 6.27. The smallest absolute Gasteiger partial charge is 0.338 e. The van der Waals surface area contributed by atoms with E-state index in [2.05, 4.69) is 10.6 Å². The number of esters is 1. The third kappa shape index (κ3) is 3.72. The number of urea groups is 1. The Kier molecular flexibility index (Phi) is 4.92. The minimum atomic E-state index is -0.591. The summed E-state index contributed by atoms with van der Waals surface area (Å²) < 4.78 is 16.6. The standard InChI is InChI=1S/C20H24N2O5/c1-12-17(19(23)27-14-6-4-2-3-5-7-14)18(22-20(24)21-12)13-8-9-15-16(10-13)26-11-25-15/h8-10,14,18H,2-7,11H2,1H3,(H2,21,22,24)/t18-/m1/s1. The van der Waals surface area contributed by atoms with E-state index in [1.54, 1.807) is 19.1 Å². The van der Waals surface area contributed by atoms with Crippen LogP contribution in [0, 0.1) is 0 Å². The first-order chi connectivity index (χ1) is 13.1. The van der Waals surface area contributed by atoms with Gasteiger partial charge in [-0.3, -0.25) is 0 Å². The van der Waals surface area contributed by atoms with Crippen LogP contribution >= 0.6 is 0 Å². The summed E-state index contributed by atoms with van der Waals surface area (Å²) in [4.78, 5) is 25.0. The van der Waals surface area contributed by atoms with Crippen LogP contribution in [0.15, 0.2) is 29.5 Å². The Hall–Kier alpha value is -2.70. The number of rotatable bonds is 3. The molecular formula is C20H24N2O5. The van der Waals surface area contributed by atoms with Gasteiger partial charge in [-0.1, -0.05) is 18.9 Å². The van der Waals surface area contributed by atoms with Gasteiger partial charge in [-0.2, -0.15) is 0 Å². The number of nitrogens with one attached hydrogen (secondary N) is 2. The van der Waals surface area contributed by atoms with Crippen molar-refractivity contribution in [3.05, 3.63) is 35.0 Å². The SMILES string of the molecule is CC1=C(C(=O)OC2CCCCCC2)[C@@H](c2ccc3c(c2)OCO3)NC(=O)N1. The van der Waals surface area contributed by atoms with E-state index in [0.717, 1.165) is 31.2 Å². The van der Waals surface area contributed by atoms with Crippen LogP contribution in [0.25, 0.3) is 0 Å². The summed E-state index contributed by atoms with van der Waals surface area (Å²) in [5.74, 6) is 0.881. The maximum atomic E-state index is 13.0. The second-order valence-electron chi connectivity index (χ2n) is 7.20. The average molecular weight is 372 g/mol. The molecule has 0 spiro atoms. The fraction of sp³-hybridized carbons (Fsp3) is 0.500. The molecule has 1 aromatic carbocycles. The maximum absolute atomic E-state index is 13.0. The van der Waals surface area contributed by atoms with Gasteiger partial charge in [0.1, 0.15) is 6.10 Å². The van der Waals surface area contributed by atoms with Gasteiger partial charge < -0.3 is 24.8 Å². The van der Waals surface area contributed by atoms with Crippen LogP contribution in [0.5, 0.6) is 11.5 Å². The van der Waals surface area contributed by atoms with Gasteiger partial charge >= 0.3 is 12.0 Å². The number of allylic oxidation sites excluding steroid dienone is 1. The Balaban J connectivity index is 1.60. The monoisotopic (exact) mass is 372 g/mol. The van der Waals surface area contributed by atoms with Gasteiger partial charge in [-0.05, 0) is 50.3 Å². The highest BCUT2D eigenvalue weighted by molar-refractivity contribution is 5.95. The lowest BCUT2D eigenvalue weighted by atomic mass is 9.95. The fourth-order valence-electron chi connectivity index (χ4n) is 3.88. The Bertz CT molecular complexity index is 781. The number of fused-ring (bicyclic) bond motifs is 1. The number of benzene rings is 1. The minimum Gasteiger partial charge on any atom is -0.459 e. The molecule has 0 aromatic heterocycles. The summed E-state index contributed by atoms with van der Waals surface area (Å²) in [5.41, 5.74) is 1.69. The molecule has 3 aliphatic rings. The van der Waals surface area contributed by atoms with Crippen molar-refractivity contribution in [3.8, 4) is 11.5 Å². The van der Waals surface area contributed by atoms with Gasteiger partial charge in [0.2, 0.25) is 6.79 Å². The molecule has 2 aliphatic heterocycles. The van der Waals surface area contributed by atoms with Crippen LogP contribution in [0.4, 0.5) is 4.79 Å². The van der Waals surface area contributed by atoms with Gasteiger partial charge in [0.15, 0.2) is 11.5 Å². The van der Waals surface area contributed by atoms with E-state index in [-0.39, 0.29) is 24.9 Å². The molecule has 0 saturated heterocycles. The van der Waals surface area contributed by atoms with E-state index < -0.39 is 6.04 Å². The van der Waals surface area contributed by atoms with Crippen molar-refractivity contribution in [2.24, 2.45) is 0 Å². The largest absolute Gasteiger partial charge is 0.459 e. The maximum Gasteiger partial charge on any atom is 0.338 e. The van der Waals surface area contributed by atoms with Crippen molar-refractivity contribution in [2.45, 2.75) is 57.6 Å². The second-order valence-corrected chi connectivity index (χ2v) is 7.20. The van der Waals surface area contributed by atoms with E-state index in [9.17, 15) is 9.59 Å². The van der Waals surface area contributed by atoms with Crippen molar-refractivity contribution in [2.75, 3.05) is 6.79 Å². The number of amides is 2. The first-order valence-corrected chi connectivity index (χ1v) is 9.50.